The number of ether oxygens (including phenoxy) is 1. The molecular weight excluding hydrogens is 428 g/mol. The number of carbonyl (C=O) groups is 1. The van der Waals surface area contributed by atoms with Crippen LogP contribution in [-0.4, -0.2) is 59.8 Å². The molecule has 4 atom stereocenters. The van der Waals surface area contributed by atoms with E-state index in [4.69, 9.17) is 15.3 Å². The lowest BCUT2D eigenvalue weighted by Crippen LogP contribution is -2.36. The highest BCUT2D eigenvalue weighted by molar-refractivity contribution is 5.76. The second-order valence-corrected chi connectivity index (χ2v) is 8.83. The minimum absolute atomic E-state index is 0.0702. The van der Waals surface area contributed by atoms with Gasteiger partial charge in [0, 0.05) is 32.2 Å². The largest absolute Gasteiger partial charge is 0.468 e. The van der Waals surface area contributed by atoms with E-state index in [0.29, 0.717) is 19.5 Å². The van der Waals surface area contributed by atoms with E-state index in [1.165, 1.54) is 12.7 Å². The molecule has 0 unspecified atom stereocenters. The van der Waals surface area contributed by atoms with Crippen LogP contribution in [0.4, 0.5) is 0 Å². The third kappa shape index (κ3) is 6.88. The van der Waals surface area contributed by atoms with Gasteiger partial charge in [-0.15, -0.1) is 0 Å². The Morgan fingerprint density at radius 2 is 1.41 bits per heavy atom. The zero-order valence-electron chi connectivity index (χ0n) is 19.6. The van der Waals surface area contributed by atoms with Gasteiger partial charge in [-0.2, -0.15) is 10.5 Å². The van der Waals surface area contributed by atoms with Gasteiger partial charge < -0.3 is 9.84 Å². The molecule has 0 aliphatic carbocycles. The average Bonchev–Trinajstić information content (AvgIpc) is 3.48. The molecule has 2 aliphatic heterocycles. The van der Waals surface area contributed by atoms with Gasteiger partial charge >= 0.3 is 5.97 Å². The second kappa shape index (κ2) is 12.9. The average molecular weight is 461 g/mol. The Hall–Kier alpha value is -3.23. The maximum atomic E-state index is 11.7. The highest BCUT2D eigenvalue weighted by Crippen LogP contribution is 2.26. The van der Waals surface area contributed by atoms with E-state index in [-0.39, 0.29) is 36.5 Å². The molecule has 2 saturated heterocycles. The lowest BCUT2D eigenvalue weighted by atomic mass is 10.1. The van der Waals surface area contributed by atoms with Crippen molar-refractivity contribution in [2.24, 2.45) is 11.8 Å². The smallest absolute Gasteiger partial charge is 0.323 e. The van der Waals surface area contributed by atoms with Crippen molar-refractivity contribution < 1.29 is 14.6 Å². The van der Waals surface area contributed by atoms with Crippen molar-refractivity contribution in [2.45, 2.75) is 38.0 Å². The number of methoxy groups -OCH3 is 1. The van der Waals surface area contributed by atoms with E-state index in [2.05, 4.69) is 29.2 Å². The summed E-state index contributed by atoms with van der Waals surface area (Å²) in [5, 5.41) is 27.2. The first-order chi connectivity index (χ1) is 16.6. The summed E-state index contributed by atoms with van der Waals surface area (Å²) < 4.78 is 4.80. The molecule has 0 saturated carbocycles. The van der Waals surface area contributed by atoms with Crippen molar-refractivity contribution in [3.63, 3.8) is 0 Å². The molecule has 0 amide bonds. The summed E-state index contributed by atoms with van der Waals surface area (Å²) in [4.78, 5) is 15.9. The number of aliphatic hydroxyl groups excluding tert-OH is 1. The summed E-state index contributed by atoms with van der Waals surface area (Å²) in [6.45, 7) is 3.05. The van der Waals surface area contributed by atoms with Gasteiger partial charge in [0.15, 0.2) is 0 Å². The van der Waals surface area contributed by atoms with Gasteiger partial charge in [0.2, 0.25) is 0 Å². The molecule has 0 aromatic heterocycles. The molecule has 4 rings (SSSR count). The summed E-state index contributed by atoms with van der Waals surface area (Å²) in [6.07, 6.45) is 1.36. The lowest BCUT2D eigenvalue weighted by molar-refractivity contribution is -0.146. The zero-order chi connectivity index (χ0) is 24.3. The molecule has 0 radical (unpaired) electrons. The Labute approximate surface area is 201 Å². The Kier molecular flexibility index (Phi) is 9.61. The molecule has 7 heteroatoms. The van der Waals surface area contributed by atoms with Gasteiger partial charge in [-0.05, 0) is 24.0 Å². The van der Waals surface area contributed by atoms with Crippen molar-refractivity contribution in [3.8, 4) is 12.1 Å². The minimum atomic E-state index is -0.292. The quantitative estimate of drug-likeness (QED) is 0.662. The van der Waals surface area contributed by atoms with Gasteiger partial charge in [0.05, 0.1) is 37.7 Å². The van der Waals surface area contributed by atoms with Crippen LogP contribution in [0.3, 0.4) is 0 Å². The maximum Gasteiger partial charge on any atom is 0.323 e. The number of benzene rings is 2. The van der Waals surface area contributed by atoms with Crippen LogP contribution in [0.5, 0.6) is 0 Å². The van der Waals surface area contributed by atoms with Gasteiger partial charge in [-0.25, -0.2) is 0 Å². The zero-order valence-corrected chi connectivity index (χ0v) is 19.6. The fourth-order valence-electron chi connectivity index (χ4n) is 4.65. The third-order valence-electron chi connectivity index (χ3n) is 6.44. The number of esters is 1. The van der Waals surface area contributed by atoms with Gasteiger partial charge in [0.1, 0.15) is 6.04 Å². The Morgan fingerprint density at radius 3 is 1.91 bits per heavy atom. The van der Waals surface area contributed by atoms with E-state index in [9.17, 15) is 9.90 Å². The van der Waals surface area contributed by atoms with Crippen LogP contribution < -0.4 is 0 Å². The van der Waals surface area contributed by atoms with E-state index in [1.807, 2.05) is 53.4 Å². The van der Waals surface area contributed by atoms with Crippen LogP contribution in [0.1, 0.15) is 24.0 Å². The second-order valence-electron chi connectivity index (χ2n) is 8.83. The van der Waals surface area contributed by atoms with Crippen molar-refractivity contribution in [3.05, 3.63) is 71.8 Å². The summed E-state index contributed by atoms with van der Waals surface area (Å²) in [7, 11) is 1.39. The molecule has 178 valence electrons. The summed E-state index contributed by atoms with van der Waals surface area (Å²) >= 11 is 0. The Bertz CT molecular complexity index is 986. The topological polar surface area (TPSA) is 101 Å². The van der Waals surface area contributed by atoms with Gasteiger partial charge in [0.25, 0.3) is 0 Å². The van der Waals surface area contributed by atoms with Gasteiger partial charge in [-0.1, -0.05) is 60.7 Å². The van der Waals surface area contributed by atoms with E-state index < -0.39 is 0 Å². The highest BCUT2D eigenvalue weighted by atomic mass is 16.5. The molecule has 7 nitrogen and oxygen atoms in total. The fourth-order valence-corrected chi connectivity index (χ4v) is 4.65. The number of aliphatic hydroxyl groups is 1. The molecule has 2 aromatic rings. The maximum absolute atomic E-state index is 11.7. The first-order valence-electron chi connectivity index (χ1n) is 11.6. The molecule has 1 N–H and O–H groups in total. The number of hydrogen-bond acceptors (Lipinski definition) is 7. The third-order valence-corrected chi connectivity index (χ3v) is 6.44. The molecular formula is C27H32N4O3. The van der Waals surface area contributed by atoms with Crippen molar-refractivity contribution >= 4 is 5.97 Å². The standard InChI is InChI=1S/C14H16N2O2.C13H16N2O/c1-18-14(17)13-7-12(8-15)10-16(13)9-11-5-3-2-4-6-11;14-7-12-6-13(10-16)15(9-12)8-11-4-2-1-3-5-11/h2-6,12-13H,7,9-10H2,1H3;1-5,12-13,16H,6,8-10H2/t2*12-,13+/m11/s1. The predicted molar refractivity (Wildman–Crippen MR) is 128 cm³/mol. The number of hydrogen-bond donors (Lipinski definition) is 1. The Balaban J connectivity index is 0.000000192. The van der Waals surface area contributed by atoms with Crippen molar-refractivity contribution in [1.82, 2.24) is 9.80 Å². The van der Waals surface area contributed by atoms with Crippen molar-refractivity contribution in [2.75, 3.05) is 26.8 Å². The summed E-state index contributed by atoms with van der Waals surface area (Å²) in [5.41, 5.74) is 2.38. The lowest BCUT2D eigenvalue weighted by Gasteiger charge is -2.22. The molecule has 2 heterocycles. The number of rotatable bonds is 6. The molecule has 0 bridgehead atoms. The van der Waals surface area contributed by atoms with Crippen LogP contribution in [0.15, 0.2) is 60.7 Å². The van der Waals surface area contributed by atoms with Crippen molar-refractivity contribution in [1.29, 1.82) is 10.5 Å². The molecule has 2 aliphatic rings. The summed E-state index contributed by atoms with van der Waals surface area (Å²) in [6, 6.07) is 24.5. The Morgan fingerprint density at radius 1 is 0.912 bits per heavy atom. The first kappa shape index (κ1) is 25.4. The highest BCUT2D eigenvalue weighted by Gasteiger charge is 2.37. The van der Waals surface area contributed by atoms with Crippen LogP contribution in [0.2, 0.25) is 0 Å². The number of nitriles is 2. The molecule has 2 aromatic carbocycles. The minimum Gasteiger partial charge on any atom is -0.468 e. The fraction of sp³-hybridized carbons (Fsp3) is 0.444. The number of nitrogens with zero attached hydrogens (tertiary/aromatic N) is 4. The van der Waals surface area contributed by atoms with E-state index in [0.717, 1.165) is 25.1 Å². The van der Waals surface area contributed by atoms with Crippen LogP contribution in [0.25, 0.3) is 0 Å². The molecule has 2 fully saturated rings. The van der Waals surface area contributed by atoms with E-state index >= 15 is 0 Å². The first-order valence-corrected chi connectivity index (χ1v) is 11.6. The molecule has 0 spiro atoms. The number of likely N-dealkylation sites (tertiary alicyclic amines) is 2. The van der Waals surface area contributed by atoms with Crippen LogP contribution in [0, 0.1) is 34.5 Å². The normalized spacial score (nSPS) is 24.5. The van der Waals surface area contributed by atoms with Gasteiger partial charge in [-0.3, -0.25) is 14.6 Å². The summed E-state index contributed by atoms with van der Waals surface area (Å²) in [5.74, 6) is -0.262. The molecule has 34 heavy (non-hydrogen) atoms. The van der Waals surface area contributed by atoms with E-state index in [1.54, 1.807) is 0 Å². The number of carbonyl (C=O) groups excluding carboxylic acids is 1. The van der Waals surface area contributed by atoms with Crippen LogP contribution in [-0.2, 0) is 22.6 Å². The monoisotopic (exact) mass is 460 g/mol. The predicted octanol–water partition coefficient (Wildman–Crippen LogP) is 2.97. The SMILES string of the molecule is COC(=O)[C@@H]1C[C@H](C#N)CN1Cc1ccccc1.N#C[C@H]1C[C@@H](CO)N(Cc2ccccc2)C1. The van der Waals surface area contributed by atoms with Crippen LogP contribution >= 0.6 is 0 Å².